The molecule has 24 heavy (non-hydrogen) atoms. The van der Waals surface area contributed by atoms with Gasteiger partial charge in [-0.25, -0.2) is 4.79 Å². The summed E-state index contributed by atoms with van der Waals surface area (Å²) in [5.74, 6) is 1.52. The smallest absolute Gasteiger partial charge is 0.322 e. The minimum atomic E-state index is -0.129. The molecule has 6 heteroatoms. The van der Waals surface area contributed by atoms with E-state index in [9.17, 15) is 4.79 Å². The number of carbonyl (C=O) groups is 1. The highest BCUT2D eigenvalue weighted by atomic mass is 16.5. The van der Waals surface area contributed by atoms with Crippen molar-refractivity contribution in [1.82, 2.24) is 9.88 Å². The lowest BCUT2D eigenvalue weighted by atomic mass is 10.0. The second kappa shape index (κ2) is 7.21. The number of nitrogens with one attached hydrogen (secondary N) is 1. The van der Waals surface area contributed by atoms with Gasteiger partial charge in [-0.05, 0) is 43.2 Å². The summed E-state index contributed by atoms with van der Waals surface area (Å²) in [4.78, 5) is 18.5. The minimum absolute atomic E-state index is 0.0354. The van der Waals surface area contributed by atoms with Crippen LogP contribution in [0.5, 0.6) is 11.5 Å². The van der Waals surface area contributed by atoms with E-state index in [2.05, 4.69) is 10.3 Å². The van der Waals surface area contributed by atoms with Crippen LogP contribution in [0.3, 0.4) is 0 Å². The quantitative estimate of drug-likeness (QED) is 0.934. The Labute approximate surface area is 141 Å². The molecule has 3 rings (SSSR count). The van der Waals surface area contributed by atoms with Gasteiger partial charge in [0.25, 0.3) is 0 Å². The van der Waals surface area contributed by atoms with E-state index in [4.69, 9.17) is 9.47 Å². The maximum Gasteiger partial charge on any atom is 0.322 e. The molecule has 1 N–H and O–H groups in total. The Morgan fingerprint density at radius 2 is 2.17 bits per heavy atom. The van der Waals surface area contributed by atoms with E-state index < -0.39 is 0 Å². The van der Waals surface area contributed by atoms with Crippen molar-refractivity contribution in [3.05, 3.63) is 48.3 Å². The second-order valence-corrected chi connectivity index (χ2v) is 5.63. The molecule has 0 aliphatic carbocycles. The number of nitrogens with zero attached hydrogens (tertiary/aromatic N) is 2. The lowest BCUT2D eigenvalue weighted by Gasteiger charge is -2.26. The molecule has 1 fully saturated rings. The Morgan fingerprint density at radius 3 is 2.88 bits per heavy atom. The first kappa shape index (κ1) is 16.1. The van der Waals surface area contributed by atoms with Crippen molar-refractivity contribution in [2.45, 2.75) is 18.9 Å². The van der Waals surface area contributed by atoms with Gasteiger partial charge in [0.05, 0.1) is 32.1 Å². The van der Waals surface area contributed by atoms with Crippen LogP contribution in [0, 0.1) is 0 Å². The van der Waals surface area contributed by atoms with Crippen LogP contribution in [0.15, 0.2) is 42.7 Å². The first-order valence-electron chi connectivity index (χ1n) is 7.92. The molecular formula is C18H21N3O3. The van der Waals surface area contributed by atoms with Gasteiger partial charge < -0.3 is 19.7 Å². The lowest BCUT2D eigenvalue weighted by Crippen LogP contribution is -2.34. The molecule has 1 saturated heterocycles. The zero-order valence-corrected chi connectivity index (χ0v) is 13.9. The van der Waals surface area contributed by atoms with E-state index in [1.54, 1.807) is 32.7 Å². The van der Waals surface area contributed by atoms with Crippen LogP contribution in [0.1, 0.15) is 24.4 Å². The van der Waals surface area contributed by atoms with Gasteiger partial charge in [-0.1, -0.05) is 0 Å². The standard InChI is InChI=1S/C18H21N3O3/c1-23-14-7-8-17(24-2)15(11-14)16-6-4-10-21(16)18(22)20-13-5-3-9-19-12-13/h3,5,7-9,11-12,16H,4,6,10H2,1-2H3,(H,20,22)/t16-/m0/s1. The molecule has 0 spiro atoms. The van der Waals surface area contributed by atoms with Crippen molar-refractivity contribution in [2.24, 2.45) is 0 Å². The fraction of sp³-hybridized carbons (Fsp3) is 0.333. The van der Waals surface area contributed by atoms with Gasteiger partial charge in [0, 0.05) is 18.3 Å². The van der Waals surface area contributed by atoms with Crippen LogP contribution in [0.25, 0.3) is 0 Å². The van der Waals surface area contributed by atoms with Gasteiger partial charge in [-0.3, -0.25) is 4.98 Å². The van der Waals surface area contributed by atoms with Crippen LogP contribution in [0.4, 0.5) is 10.5 Å². The van der Waals surface area contributed by atoms with Gasteiger partial charge in [-0.2, -0.15) is 0 Å². The summed E-state index contributed by atoms with van der Waals surface area (Å²) in [7, 11) is 3.27. The Kier molecular flexibility index (Phi) is 4.84. The fourth-order valence-electron chi connectivity index (χ4n) is 3.06. The average molecular weight is 327 g/mol. The highest BCUT2D eigenvalue weighted by molar-refractivity contribution is 5.89. The molecule has 2 aromatic rings. The van der Waals surface area contributed by atoms with Crippen molar-refractivity contribution < 1.29 is 14.3 Å². The van der Waals surface area contributed by atoms with Gasteiger partial charge in [0.2, 0.25) is 0 Å². The number of ether oxygens (including phenoxy) is 2. The van der Waals surface area contributed by atoms with Gasteiger partial charge in [0.1, 0.15) is 11.5 Å². The number of urea groups is 1. The van der Waals surface area contributed by atoms with E-state index in [0.29, 0.717) is 12.2 Å². The summed E-state index contributed by atoms with van der Waals surface area (Å²) in [6.07, 6.45) is 5.15. The van der Waals surface area contributed by atoms with E-state index in [0.717, 1.165) is 29.9 Å². The van der Waals surface area contributed by atoms with Crippen molar-refractivity contribution in [3.8, 4) is 11.5 Å². The number of hydrogen-bond donors (Lipinski definition) is 1. The summed E-state index contributed by atoms with van der Waals surface area (Å²) >= 11 is 0. The highest BCUT2D eigenvalue weighted by Crippen LogP contribution is 2.39. The lowest BCUT2D eigenvalue weighted by molar-refractivity contribution is 0.206. The van der Waals surface area contributed by atoms with Crippen LogP contribution in [-0.2, 0) is 0 Å². The summed E-state index contributed by atoms with van der Waals surface area (Å²) in [5, 5.41) is 2.90. The van der Waals surface area contributed by atoms with Gasteiger partial charge in [-0.15, -0.1) is 0 Å². The SMILES string of the molecule is COc1ccc(OC)c([C@@H]2CCCN2C(=O)Nc2cccnc2)c1. The average Bonchev–Trinajstić information content (AvgIpc) is 3.11. The number of anilines is 1. The third-order valence-electron chi connectivity index (χ3n) is 4.22. The second-order valence-electron chi connectivity index (χ2n) is 5.63. The predicted molar refractivity (Wildman–Crippen MR) is 91.5 cm³/mol. The van der Waals surface area contributed by atoms with E-state index >= 15 is 0 Å². The van der Waals surface area contributed by atoms with E-state index in [-0.39, 0.29) is 12.1 Å². The number of pyridine rings is 1. The third kappa shape index (κ3) is 3.27. The summed E-state index contributed by atoms with van der Waals surface area (Å²) in [6, 6.07) is 9.13. The number of likely N-dealkylation sites (tertiary alicyclic amines) is 1. The van der Waals surface area contributed by atoms with Crippen LogP contribution in [-0.4, -0.2) is 36.7 Å². The Morgan fingerprint density at radius 1 is 1.29 bits per heavy atom. The van der Waals surface area contributed by atoms with Crippen molar-refractivity contribution >= 4 is 11.7 Å². The molecule has 1 aromatic carbocycles. The Bertz CT molecular complexity index is 706. The highest BCUT2D eigenvalue weighted by Gasteiger charge is 2.32. The van der Waals surface area contributed by atoms with Gasteiger partial charge in [0.15, 0.2) is 0 Å². The molecule has 0 unspecified atom stereocenters. The van der Waals surface area contributed by atoms with Crippen molar-refractivity contribution in [3.63, 3.8) is 0 Å². The molecule has 2 amide bonds. The number of hydrogen-bond acceptors (Lipinski definition) is 4. The minimum Gasteiger partial charge on any atom is -0.497 e. The van der Waals surface area contributed by atoms with E-state index in [1.807, 2.05) is 29.2 Å². The monoisotopic (exact) mass is 327 g/mol. The summed E-state index contributed by atoms with van der Waals surface area (Å²) < 4.78 is 10.8. The Balaban J connectivity index is 1.84. The largest absolute Gasteiger partial charge is 0.497 e. The normalized spacial score (nSPS) is 16.8. The zero-order valence-electron chi connectivity index (χ0n) is 13.9. The summed E-state index contributed by atoms with van der Waals surface area (Å²) in [6.45, 7) is 0.705. The third-order valence-corrected chi connectivity index (χ3v) is 4.22. The molecule has 1 aromatic heterocycles. The molecule has 1 aliphatic heterocycles. The maximum absolute atomic E-state index is 12.7. The van der Waals surface area contributed by atoms with Crippen LogP contribution < -0.4 is 14.8 Å². The first-order valence-corrected chi connectivity index (χ1v) is 7.92. The molecule has 0 radical (unpaired) electrons. The first-order chi connectivity index (χ1) is 11.7. The molecule has 2 heterocycles. The maximum atomic E-state index is 12.7. The predicted octanol–water partition coefficient (Wildman–Crippen LogP) is 3.47. The topological polar surface area (TPSA) is 63.7 Å². The molecule has 126 valence electrons. The van der Waals surface area contributed by atoms with E-state index in [1.165, 1.54) is 0 Å². The van der Waals surface area contributed by atoms with Crippen molar-refractivity contribution in [1.29, 1.82) is 0 Å². The number of aromatic nitrogens is 1. The Hall–Kier alpha value is -2.76. The number of rotatable bonds is 4. The molecule has 1 atom stereocenters. The van der Waals surface area contributed by atoms with Crippen LogP contribution in [0.2, 0.25) is 0 Å². The number of carbonyl (C=O) groups excluding carboxylic acids is 1. The number of benzene rings is 1. The molecular weight excluding hydrogens is 306 g/mol. The van der Waals surface area contributed by atoms with Crippen LogP contribution >= 0.6 is 0 Å². The van der Waals surface area contributed by atoms with Crippen molar-refractivity contribution in [2.75, 3.05) is 26.1 Å². The number of amides is 2. The molecule has 0 bridgehead atoms. The fourth-order valence-corrected chi connectivity index (χ4v) is 3.06. The summed E-state index contributed by atoms with van der Waals surface area (Å²) in [5.41, 5.74) is 1.65. The molecule has 1 aliphatic rings. The zero-order chi connectivity index (χ0) is 16.9. The van der Waals surface area contributed by atoms with Gasteiger partial charge >= 0.3 is 6.03 Å². The molecule has 6 nitrogen and oxygen atoms in total. The molecule has 0 saturated carbocycles. The number of methoxy groups -OCH3 is 2.